The number of carbonyl (C=O) groups is 1. The average molecular weight is 315 g/mol. The van der Waals surface area contributed by atoms with Crippen molar-refractivity contribution in [3.8, 4) is 11.6 Å². The lowest BCUT2D eigenvalue weighted by molar-refractivity contribution is -0.142. The Labute approximate surface area is 135 Å². The molecule has 6 heteroatoms. The Bertz CT molecular complexity index is 663. The topological polar surface area (TPSA) is 56.6 Å². The van der Waals surface area contributed by atoms with Gasteiger partial charge in [0, 0.05) is 24.8 Å². The van der Waals surface area contributed by atoms with Gasteiger partial charge < -0.3 is 14.4 Å². The number of hydrogen-bond donors (Lipinski definition) is 0. The molecule has 1 atom stereocenters. The summed E-state index contributed by atoms with van der Waals surface area (Å²) in [5.74, 6) is 0.463. The monoisotopic (exact) mass is 315 g/mol. The van der Waals surface area contributed by atoms with Crippen molar-refractivity contribution in [2.24, 2.45) is 0 Å². The molecule has 1 unspecified atom stereocenters. The molecule has 0 saturated carbocycles. The van der Waals surface area contributed by atoms with Crippen LogP contribution < -0.4 is 4.74 Å². The molecule has 1 aromatic carbocycles. The van der Waals surface area contributed by atoms with Crippen molar-refractivity contribution in [2.45, 2.75) is 20.0 Å². The summed E-state index contributed by atoms with van der Waals surface area (Å²) in [5.41, 5.74) is 1.85. The Morgan fingerprint density at radius 1 is 1.26 bits per heavy atom. The predicted octanol–water partition coefficient (Wildman–Crippen LogP) is 1.81. The van der Waals surface area contributed by atoms with Gasteiger partial charge in [-0.25, -0.2) is 4.68 Å². The van der Waals surface area contributed by atoms with Crippen molar-refractivity contribution in [2.75, 3.05) is 26.3 Å². The van der Waals surface area contributed by atoms with E-state index in [-0.39, 0.29) is 5.91 Å². The Hall–Kier alpha value is -2.34. The number of hydrogen-bond acceptors (Lipinski definition) is 4. The van der Waals surface area contributed by atoms with E-state index in [2.05, 4.69) is 5.10 Å². The van der Waals surface area contributed by atoms with Gasteiger partial charge >= 0.3 is 0 Å². The molecule has 122 valence electrons. The molecule has 2 aromatic rings. The molecule has 0 spiro atoms. The molecule has 23 heavy (non-hydrogen) atoms. The molecule has 1 aliphatic rings. The molecule has 0 N–H and O–H groups in total. The number of amides is 1. The van der Waals surface area contributed by atoms with Crippen molar-refractivity contribution in [3.05, 3.63) is 42.1 Å². The third kappa shape index (κ3) is 3.53. The highest BCUT2D eigenvalue weighted by molar-refractivity contribution is 5.81. The number of nitrogens with zero attached hydrogens (tertiary/aromatic N) is 3. The first-order chi connectivity index (χ1) is 11.1. The van der Waals surface area contributed by atoms with Gasteiger partial charge in [-0.3, -0.25) is 4.79 Å². The molecule has 3 rings (SSSR count). The molecule has 1 amide bonds. The van der Waals surface area contributed by atoms with Crippen LogP contribution in [0.5, 0.6) is 5.88 Å². The van der Waals surface area contributed by atoms with Crippen molar-refractivity contribution in [1.82, 2.24) is 14.7 Å². The SMILES string of the molecule is Cc1cn(-c2ccccc2)nc1OC(C)C(=O)N1CCOCC1. The summed E-state index contributed by atoms with van der Waals surface area (Å²) in [6.07, 6.45) is 1.34. The molecular weight excluding hydrogens is 294 g/mol. The van der Waals surface area contributed by atoms with E-state index in [9.17, 15) is 4.79 Å². The van der Waals surface area contributed by atoms with E-state index < -0.39 is 6.10 Å². The minimum atomic E-state index is -0.564. The summed E-state index contributed by atoms with van der Waals surface area (Å²) in [4.78, 5) is 14.2. The highest BCUT2D eigenvalue weighted by atomic mass is 16.5. The van der Waals surface area contributed by atoms with Crippen LogP contribution in [0.3, 0.4) is 0 Å². The largest absolute Gasteiger partial charge is 0.463 e. The summed E-state index contributed by atoms with van der Waals surface area (Å²) >= 11 is 0. The molecule has 0 radical (unpaired) electrons. The van der Waals surface area contributed by atoms with E-state index >= 15 is 0 Å². The summed E-state index contributed by atoms with van der Waals surface area (Å²) < 4.78 is 12.8. The van der Waals surface area contributed by atoms with Gasteiger partial charge in [0.25, 0.3) is 5.91 Å². The Kier molecular flexibility index (Phi) is 4.62. The number of aromatic nitrogens is 2. The fourth-order valence-corrected chi connectivity index (χ4v) is 2.53. The maximum Gasteiger partial charge on any atom is 0.263 e. The number of carbonyl (C=O) groups excluding carboxylic acids is 1. The van der Waals surface area contributed by atoms with Crippen molar-refractivity contribution >= 4 is 5.91 Å². The number of morpholine rings is 1. The zero-order valence-corrected chi connectivity index (χ0v) is 13.4. The fraction of sp³-hybridized carbons (Fsp3) is 0.412. The standard InChI is InChI=1S/C17H21N3O3/c1-13-12-20(15-6-4-3-5-7-15)18-16(13)23-14(2)17(21)19-8-10-22-11-9-19/h3-7,12,14H,8-11H2,1-2H3. The second kappa shape index (κ2) is 6.83. The van der Waals surface area contributed by atoms with Gasteiger partial charge in [-0.05, 0) is 26.0 Å². The minimum absolute atomic E-state index is 0.0260. The van der Waals surface area contributed by atoms with Gasteiger partial charge in [0.2, 0.25) is 5.88 Å². The van der Waals surface area contributed by atoms with Gasteiger partial charge in [0.1, 0.15) is 0 Å². The molecule has 1 saturated heterocycles. The Morgan fingerprint density at radius 3 is 2.65 bits per heavy atom. The predicted molar refractivity (Wildman–Crippen MR) is 85.8 cm³/mol. The van der Waals surface area contributed by atoms with E-state index in [1.807, 2.05) is 43.5 Å². The summed E-state index contributed by atoms with van der Waals surface area (Å²) in [5, 5.41) is 4.45. The maximum atomic E-state index is 12.4. The van der Waals surface area contributed by atoms with Crippen LogP contribution in [-0.2, 0) is 9.53 Å². The van der Waals surface area contributed by atoms with Crippen molar-refractivity contribution in [1.29, 1.82) is 0 Å². The second-order valence-corrected chi connectivity index (χ2v) is 5.60. The fourth-order valence-electron chi connectivity index (χ4n) is 2.53. The lowest BCUT2D eigenvalue weighted by Crippen LogP contribution is -2.46. The molecule has 1 fully saturated rings. The minimum Gasteiger partial charge on any atom is -0.463 e. The van der Waals surface area contributed by atoms with Crippen LogP contribution in [0.2, 0.25) is 0 Å². The first-order valence-corrected chi connectivity index (χ1v) is 7.80. The van der Waals surface area contributed by atoms with Crippen molar-refractivity contribution in [3.63, 3.8) is 0 Å². The third-order valence-corrected chi connectivity index (χ3v) is 3.83. The lowest BCUT2D eigenvalue weighted by atomic mass is 10.3. The van der Waals surface area contributed by atoms with E-state index in [4.69, 9.17) is 9.47 Å². The van der Waals surface area contributed by atoms with E-state index in [0.29, 0.717) is 32.2 Å². The maximum absolute atomic E-state index is 12.4. The Morgan fingerprint density at radius 2 is 1.96 bits per heavy atom. The molecule has 1 aliphatic heterocycles. The molecule has 0 bridgehead atoms. The molecule has 1 aromatic heterocycles. The molecule has 6 nitrogen and oxygen atoms in total. The lowest BCUT2D eigenvalue weighted by Gasteiger charge is -2.29. The summed E-state index contributed by atoms with van der Waals surface area (Å²) in [7, 11) is 0. The first kappa shape index (κ1) is 15.6. The number of para-hydroxylation sites is 1. The third-order valence-electron chi connectivity index (χ3n) is 3.83. The number of rotatable bonds is 4. The summed E-state index contributed by atoms with van der Waals surface area (Å²) in [6.45, 7) is 6.08. The van der Waals surface area contributed by atoms with Gasteiger partial charge in [-0.2, -0.15) is 0 Å². The molecule has 0 aliphatic carbocycles. The highest BCUT2D eigenvalue weighted by Crippen LogP contribution is 2.19. The zero-order chi connectivity index (χ0) is 16.2. The van der Waals surface area contributed by atoms with E-state index in [1.54, 1.807) is 16.5 Å². The number of benzene rings is 1. The van der Waals surface area contributed by atoms with Crippen LogP contribution in [-0.4, -0.2) is 53.0 Å². The van der Waals surface area contributed by atoms with Crippen LogP contribution in [0.25, 0.3) is 5.69 Å². The van der Waals surface area contributed by atoms with E-state index in [0.717, 1.165) is 11.3 Å². The Balaban J connectivity index is 1.70. The first-order valence-electron chi connectivity index (χ1n) is 7.80. The highest BCUT2D eigenvalue weighted by Gasteiger charge is 2.25. The second-order valence-electron chi connectivity index (χ2n) is 5.60. The van der Waals surface area contributed by atoms with Gasteiger partial charge in [0.05, 0.1) is 18.9 Å². The average Bonchev–Trinajstić information content (AvgIpc) is 2.96. The smallest absolute Gasteiger partial charge is 0.263 e. The van der Waals surface area contributed by atoms with Crippen LogP contribution in [0, 0.1) is 6.92 Å². The van der Waals surface area contributed by atoms with Crippen LogP contribution in [0.4, 0.5) is 0 Å². The number of ether oxygens (including phenoxy) is 2. The zero-order valence-electron chi connectivity index (χ0n) is 13.4. The number of aryl methyl sites for hydroxylation is 1. The van der Waals surface area contributed by atoms with Gasteiger partial charge in [-0.15, -0.1) is 5.10 Å². The van der Waals surface area contributed by atoms with E-state index in [1.165, 1.54) is 0 Å². The van der Waals surface area contributed by atoms with Gasteiger partial charge in [0.15, 0.2) is 6.10 Å². The quantitative estimate of drug-likeness (QED) is 0.863. The van der Waals surface area contributed by atoms with Crippen molar-refractivity contribution < 1.29 is 14.3 Å². The summed E-state index contributed by atoms with van der Waals surface area (Å²) in [6, 6.07) is 9.81. The van der Waals surface area contributed by atoms with Crippen LogP contribution in [0.15, 0.2) is 36.5 Å². The van der Waals surface area contributed by atoms with Crippen LogP contribution >= 0.6 is 0 Å². The molecular formula is C17H21N3O3. The molecule has 2 heterocycles. The van der Waals surface area contributed by atoms with Gasteiger partial charge in [-0.1, -0.05) is 18.2 Å². The van der Waals surface area contributed by atoms with Crippen LogP contribution in [0.1, 0.15) is 12.5 Å². The normalized spacial score (nSPS) is 16.2.